The maximum atomic E-state index is 12.5. The second-order valence-electron chi connectivity index (χ2n) is 5.57. The smallest absolute Gasteiger partial charge is 0.231 e. The monoisotopic (exact) mass is 289 g/mol. The molecule has 114 valence electrons. The Hall–Kier alpha value is -1.88. The van der Waals surface area contributed by atoms with E-state index in [1.807, 2.05) is 32.0 Å². The van der Waals surface area contributed by atoms with E-state index in [-0.39, 0.29) is 11.8 Å². The van der Waals surface area contributed by atoms with Gasteiger partial charge in [0.25, 0.3) is 0 Å². The van der Waals surface area contributed by atoms with Gasteiger partial charge in [0.2, 0.25) is 11.8 Å². The van der Waals surface area contributed by atoms with Crippen molar-refractivity contribution in [2.75, 3.05) is 17.2 Å². The number of amides is 2. The number of nitrogens with two attached hydrogens (primary N) is 1. The number of aryl methyl sites for hydroxylation is 1. The van der Waals surface area contributed by atoms with E-state index >= 15 is 0 Å². The van der Waals surface area contributed by atoms with Crippen LogP contribution in [0, 0.1) is 5.41 Å². The van der Waals surface area contributed by atoms with Crippen LogP contribution in [-0.4, -0.2) is 18.4 Å². The fraction of sp³-hybridized carbons (Fsp3) is 0.500. The lowest BCUT2D eigenvalue weighted by molar-refractivity contribution is -0.125. The Labute approximate surface area is 125 Å². The van der Waals surface area contributed by atoms with Crippen LogP contribution in [-0.2, 0) is 16.0 Å². The molecule has 21 heavy (non-hydrogen) atoms. The third-order valence-corrected chi connectivity index (χ3v) is 4.49. The zero-order valence-corrected chi connectivity index (χ0v) is 12.7. The highest BCUT2D eigenvalue weighted by molar-refractivity contribution is 5.98. The molecule has 2 rings (SSSR count). The van der Waals surface area contributed by atoms with Crippen LogP contribution in [0.4, 0.5) is 11.4 Å². The van der Waals surface area contributed by atoms with Crippen LogP contribution in [0.5, 0.6) is 0 Å². The van der Waals surface area contributed by atoms with Crippen molar-refractivity contribution in [3.63, 3.8) is 0 Å². The number of benzene rings is 1. The first-order chi connectivity index (χ1) is 10.0. The molecule has 0 saturated heterocycles. The predicted octanol–water partition coefficient (Wildman–Crippen LogP) is 2.27. The van der Waals surface area contributed by atoms with Crippen molar-refractivity contribution in [3.05, 3.63) is 23.8 Å². The van der Waals surface area contributed by atoms with Crippen LogP contribution in [0.1, 0.15) is 38.7 Å². The van der Waals surface area contributed by atoms with Gasteiger partial charge in [-0.3, -0.25) is 9.59 Å². The molecule has 0 unspecified atom stereocenters. The van der Waals surface area contributed by atoms with Gasteiger partial charge in [0.05, 0.1) is 5.41 Å². The summed E-state index contributed by atoms with van der Waals surface area (Å²) in [7, 11) is 0. The van der Waals surface area contributed by atoms with Crippen LogP contribution in [0.2, 0.25) is 0 Å². The minimum Gasteiger partial charge on any atom is -0.329 e. The van der Waals surface area contributed by atoms with Crippen molar-refractivity contribution in [2.45, 2.75) is 39.5 Å². The van der Waals surface area contributed by atoms with E-state index in [1.165, 1.54) is 0 Å². The van der Waals surface area contributed by atoms with Gasteiger partial charge in [-0.05, 0) is 37.0 Å². The molecule has 4 N–H and O–H groups in total. The highest BCUT2D eigenvalue weighted by Gasteiger charge is 2.33. The van der Waals surface area contributed by atoms with E-state index in [0.717, 1.165) is 17.7 Å². The summed E-state index contributed by atoms with van der Waals surface area (Å²) in [6.07, 6.45) is 2.66. The molecule has 1 aliphatic rings. The first-order valence-electron chi connectivity index (χ1n) is 7.49. The first-order valence-corrected chi connectivity index (χ1v) is 7.49. The van der Waals surface area contributed by atoms with E-state index in [4.69, 9.17) is 5.73 Å². The summed E-state index contributed by atoms with van der Waals surface area (Å²) in [6.45, 7) is 4.28. The summed E-state index contributed by atoms with van der Waals surface area (Å²) in [5.74, 6) is -0.0403. The molecule has 0 bridgehead atoms. The van der Waals surface area contributed by atoms with Crippen LogP contribution < -0.4 is 16.4 Å². The maximum Gasteiger partial charge on any atom is 0.231 e. The Bertz CT molecular complexity index is 542. The standard InChI is InChI=1S/C16H23N3O2/c1-3-16(4-2,10-17)15(21)18-12-7-5-11-6-8-14(20)19-13(11)9-12/h5,7,9H,3-4,6,8,10,17H2,1-2H3,(H,18,21)(H,19,20). The highest BCUT2D eigenvalue weighted by atomic mass is 16.2. The average molecular weight is 289 g/mol. The van der Waals surface area contributed by atoms with Gasteiger partial charge in [0.15, 0.2) is 0 Å². The minimum absolute atomic E-state index is 0.0180. The molecule has 5 nitrogen and oxygen atoms in total. The van der Waals surface area contributed by atoms with E-state index in [0.29, 0.717) is 31.5 Å². The number of fused-ring (bicyclic) bond motifs is 1. The molecule has 1 aromatic carbocycles. The van der Waals surface area contributed by atoms with Crippen molar-refractivity contribution < 1.29 is 9.59 Å². The van der Waals surface area contributed by atoms with Gasteiger partial charge in [0.1, 0.15) is 0 Å². The lowest BCUT2D eigenvalue weighted by atomic mass is 9.81. The number of nitrogens with one attached hydrogen (secondary N) is 2. The number of hydrogen-bond acceptors (Lipinski definition) is 3. The van der Waals surface area contributed by atoms with Gasteiger partial charge in [-0.1, -0.05) is 19.9 Å². The molecule has 0 atom stereocenters. The Morgan fingerprint density at radius 1 is 1.33 bits per heavy atom. The molecule has 0 fully saturated rings. The van der Waals surface area contributed by atoms with Gasteiger partial charge in [-0.2, -0.15) is 0 Å². The van der Waals surface area contributed by atoms with E-state index in [1.54, 1.807) is 0 Å². The van der Waals surface area contributed by atoms with Crippen LogP contribution in [0.3, 0.4) is 0 Å². The van der Waals surface area contributed by atoms with E-state index < -0.39 is 5.41 Å². The minimum atomic E-state index is -0.529. The van der Waals surface area contributed by atoms with Gasteiger partial charge < -0.3 is 16.4 Å². The highest BCUT2D eigenvalue weighted by Crippen LogP contribution is 2.29. The van der Waals surface area contributed by atoms with Gasteiger partial charge in [-0.15, -0.1) is 0 Å². The van der Waals surface area contributed by atoms with Gasteiger partial charge in [0, 0.05) is 24.3 Å². The summed E-state index contributed by atoms with van der Waals surface area (Å²) < 4.78 is 0. The molecular weight excluding hydrogens is 266 g/mol. The second kappa shape index (κ2) is 6.26. The van der Waals surface area contributed by atoms with Crippen molar-refractivity contribution in [2.24, 2.45) is 11.1 Å². The zero-order chi connectivity index (χ0) is 15.5. The molecule has 1 heterocycles. The lowest BCUT2D eigenvalue weighted by Crippen LogP contribution is -2.41. The molecule has 0 spiro atoms. The third-order valence-electron chi connectivity index (χ3n) is 4.49. The van der Waals surface area contributed by atoms with Crippen molar-refractivity contribution >= 4 is 23.2 Å². The lowest BCUT2D eigenvalue weighted by Gasteiger charge is -2.28. The van der Waals surface area contributed by atoms with Gasteiger partial charge in [-0.25, -0.2) is 0 Å². The topological polar surface area (TPSA) is 84.2 Å². The number of carbonyl (C=O) groups excluding carboxylic acids is 2. The largest absolute Gasteiger partial charge is 0.329 e. The third kappa shape index (κ3) is 3.08. The zero-order valence-electron chi connectivity index (χ0n) is 12.7. The van der Waals surface area contributed by atoms with Crippen LogP contribution in [0.15, 0.2) is 18.2 Å². The summed E-state index contributed by atoms with van der Waals surface area (Å²) in [5, 5.41) is 5.77. The Kier molecular flexibility index (Phi) is 4.63. The van der Waals surface area contributed by atoms with Crippen LogP contribution >= 0.6 is 0 Å². The molecule has 0 saturated carbocycles. The van der Waals surface area contributed by atoms with Crippen LogP contribution in [0.25, 0.3) is 0 Å². The predicted molar refractivity (Wildman–Crippen MR) is 84.1 cm³/mol. The summed E-state index contributed by atoms with van der Waals surface area (Å²) in [5.41, 5.74) is 7.85. The molecule has 0 radical (unpaired) electrons. The van der Waals surface area contributed by atoms with Crippen molar-refractivity contribution in [1.82, 2.24) is 0 Å². The molecule has 0 aromatic heterocycles. The maximum absolute atomic E-state index is 12.5. The fourth-order valence-corrected chi connectivity index (χ4v) is 2.67. The Balaban J connectivity index is 2.18. The number of anilines is 2. The number of carbonyl (C=O) groups is 2. The van der Waals surface area contributed by atoms with Crippen molar-refractivity contribution in [3.8, 4) is 0 Å². The Morgan fingerprint density at radius 3 is 2.67 bits per heavy atom. The quantitative estimate of drug-likeness (QED) is 0.777. The number of hydrogen-bond donors (Lipinski definition) is 3. The molecular formula is C16H23N3O2. The normalized spacial score (nSPS) is 14.3. The Morgan fingerprint density at radius 2 is 2.05 bits per heavy atom. The molecule has 1 aliphatic heterocycles. The SMILES string of the molecule is CCC(CC)(CN)C(=O)Nc1ccc2c(c1)NC(=O)CC2. The van der Waals surface area contributed by atoms with E-state index in [2.05, 4.69) is 10.6 Å². The number of rotatable bonds is 5. The average Bonchev–Trinajstić information content (AvgIpc) is 2.49. The molecule has 2 amide bonds. The van der Waals surface area contributed by atoms with Crippen molar-refractivity contribution in [1.29, 1.82) is 0 Å². The summed E-state index contributed by atoms with van der Waals surface area (Å²) >= 11 is 0. The molecule has 1 aromatic rings. The molecule has 5 heteroatoms. The summed E-state index contributed by atoms with van der Waals surface area (Å²) in [4.78, 5) is 23.9. The second-order valence-corrected chi connectivity index (χ2v) is 5.57. The van der Waals surface area contributed by atoms with Gasteiger partial charge >= 0.3 is 0 Å². The summed E-state index contributed by atoms with van der Waals surface area (Å²) in [6, 6.07) is 5.64. The first kappa shape index (κ1) is 15.5. The fourth-order valence-electron chi connectivity index (χ4n) is 2.67. The van der Waals surface area contributed by atoms with E-state index in [9.17, 15) is 9.59 Å². The molecule has 0 aliphatic carbocycles.